The van der Waals surface area contributed by atoms with Crippen molar-refractivity contribution in [2.75, 3.05) is 13.6 Å². The molecule has 1 aliphatic rings. The summed E-state index contributed by atoms with van der Waals surface area (Å²) < 4.78 is 0. The van der Waals surface area contributed by atoms with Gasteiger partial charge >= 0.3 is 6.03 Å². The van der Waals surface area contributed by atoms with Crippen LogP contribution >= 0.6 is 0 Å². The highest BCUT2D eigenvalue weighted by Gasteiger charge is 2.16. The van der Waals surface area contributed by atoms with Crippen molar-refractivity contribution < 1.29 is 4.79 Å². The van der Waals surface area contributed by atoms with Gasteiger partial charge in [-0.1, -0.05) is 19.1 Å². The molecule has 0 radical (unpaired) electrons. The summed E-state index contributed by atoms with van der Waals surface area (Å²) in [5.41, 5.74) is 0. The van der Waals surface area contributed by atoms with Crippen molar-refractivity contribution in [3.63, 3.8) is 0 Å². The maximum atomic E-state index is 11.8. The number of carbonyl (C=O) groups is 1. The molecule has 3 heteroatoms. The fraction of sp³-hybridized carbons (Fsp3) is 0.769. The predicted molar refractivity (Wildman–Crippen MR) is 67.4 cm³/mol. The minimum atomic E-state index is 0.0592. The van der Waals surface area contributed by atoms with Crippen LogP contribution in [-0.4, -0.2) is 30.6 Å². The lowest BCUT2D eigenvalue weighted by Crippen LogP contribution is -2.43. The Balaban J connectivity index is 2.26. The van der Waals surface area contributed by atoms with Gasteiger partial charge in [-0.15, -0.1) is 0 Å². The zero-order valence-corrected chi connectivity index (χ0v) is 10.7. The second-order valence-corrected chi connectivity index (χ2v) is 4.70. The molecule has 1 N–H and O–H groups in total. The Morgan fingerprint density at radius 2 is 2.31 bits per heavy atom. The van der Waals surface area contributed by atoms with Gasteiger partial charge in [0.05, 0.1) is 0 Å². The van der Waals surface area contributed by atoms with E-state index in [1.807, 2.05) is 7.05 Å². The monoisotopic (exact) mass is 224 g/mol. The summed E-state index contributed by atoms with van der Waals surface area (Å²) >= 11 is 0. The maximum Gasteiger partial charge on any atom is 0.317 e. The topological polar surface area (TPSA) is 32.3 Å². The zero-order chi connectivity index (χ0) is 12.0. The Kier molecular flexibility index (Phi) is 5.36. The van der Waals surface area contributed by atoms with Gasteiger partial charge in [-0.3, -0.25) is 0 Å². The van der Waals surface area contributed by atoms with Crippen LogP contribution in [0, 0.1) is 5.92 Å². The normalized spacial score (nSPS) is 21.6. The standard InChI is InChI=1S/C13H24N2O/c1-4-11(2)15(3)13(16)14-10-12-8-6-5-7-9-12/h5-6,11-12H,4,7-10H2,1-3H3,(H,14,16). The van der Waals surface area contributed by atoms with E-state index in [0.717, 1.165) is 25.8 Å². The van der Waals surface area contributed by atoms with Gasteiger partial charge in [0.25, 0.3) is 0 Å². The third kappa shape index (κ3) is 3.87. The lowest BCUT2D eigenvalue weighted by molar-refractivity contribution is 0.190. The van der Waals surface area contributed by atoms with Gasteiger partial charge in [0.2, 0.25) is 0 Å². The Morgan fingerprint density at radius 3 is 2.88 bits per heavy atom. The van der Waals surface area contributed by atoms with Crippen LogP contribution in [0.4, 0.5) is 4.79 Å². The first kappa shape index (κ1) is 13.1. The summed E-state index contributed by atoms with van der Waals surface area (Å²) in [4.78, 5) is 13.6. The largest absolute Gasteiger partial charge is 0.338 e. The smallest absolute Gasteiger partial charge is 0.317 e. The number of allylic oxidation sites excluding steroid dienone is 2. The lowest BCUT2D eigenvalue weighted by atomic mass is 9.94. The molecule has 0 fully saturated rings. The molecule has 92 valence electrons. The Hall–Kier alpha value is -0.990. The molecule has 0 saturated heterocycles. The van der Waals surface area contributed by atoms with Gasteiger partial charge < -0.3 is 10.2 Å². The number of urea groups is 1. The number of amides is 2. The molecule has 0 spiro atoms. The van der Waals surface area contributed by atoms with Gasteiger partial charge in [-0.25, -0.2) is 4.79 Å². The summed E-state index contributed by atoms with van der Waals surface area (Å²) in [5, 5.41) is 3.02. The van der Waals surface area contributed by atoms with E-state index in [1.165, 1.54) is 6.42 Å². The first-order valence-electron chi connectivity index (χ1n) is 6.30. The van der Waals surface area contributed by atoms with Crippen LogP contribution in [0.15, 0.2) is 12.2 Å². The summed E-state index contributed by atoms with van der Waals surface area (Å²) in [6.07, 6.45) is 8.90. The maximum absolute atomic E-state index is 11.8. The van der Waals surface area contributed by atoms with Crippen molar-refractivity contribution in [1.29, 1.82) is 0 Å². The van der Waals surface area contributed by atoms with Gasteiger partial charge in [0.15, 0.2) is 0 Å². The third-order valence-corrected chi connectivity index (χ3v) is 3.49. The first-order chi connectivity index (χ1) is 7.65. The Labute approximate surface area is 98.9 Å². The molecule has 2 amide bonds. The van der Waals surface area contributed by atoms with E-state index in [1.54, 1.807) is 4.90 Å². The van der Waals surface area contributed by atoms with Crippen molar-refractivity contribution in [3.05, 3.63) is 12.2 Å². The summed E-state index contributed by atoms with van der Waals surface area (Å²) in [6, 6.07) is 0.371. The van der Waals surface area contributed by atoms with Crippen LogP contribution in [0.5, 0.6) is 0 Å². The number of hydrogen-bond donors (Lipinski definition) is 1. The number of carbonyl (C=O) groups excluding carboxylic acids is 1. The van der Waals surface area contributed by atoms with Gasteiger partial charge in [0, 0.05) is 19.6 Å². The van der Waals surface area contributed by atoms with Crippen LogP contribution < -0.4 is 5.32 Å². The van der Waals surface area contributed by atoms with Gasteiger partial charge in [-0.2, -0.15) is 0 Å². The lowest BCUT2D eigenvalue weighted by Gasteiger charge is -2.26. The molecule has 0 aromatic carbocycles. The highest BCUT2D eigenvalue weighted by atomic mass is 16.2. The average Bonchev–Trinajstić information content (AvgIpc) is 2.35. The molecule has 0 saturated carbocycles. The number of nitrogens with one attached hydrogen (secondary N) is 1. The fourth-order valence-corrected chi connectivity index (χ4v) is 1.87. The number of nitrogens with zero attached hydrogens (tertiary/aromatic N) is 1. The van der Waals surface area contributed by atoms with E-state index in [9.17, 15) is 4.79 Å². The van der Waals surface area contributed by atoms with E-state index in [2.05, 4.69) is 31.3 Å². The van der Waals surface area contributed by atoms with Crippen LogP contribution in [-0.2, 0) is 0 Å². The molecule has 2 atom stereocenters. The predicted octanol–water partition coefficient (Wildman–Crippen LogP) is 2.78. The molecule has 0 aromatic rings. The molecule has 1 rings (SSSR count). The SMILES string of the molecule is CCC(C)N(C)C(=O)NCC1CC=CCC1. The molecule has 2 unspecified atom stereocenters. The highest BCUT2D eigenvalue weighted by molar-refractivity contribution is 5.74. The minimum absolute atomic E-state index is 0.0592. The molecular weight excluding hydrogens is 200 g/mol. The zero-order valence-electron chi connectivity index (χ0n) is 10.7. The van der Waals surface area contributed by atoms with Crippen LogP contribution in [0.3, 0.4) is 0 Å². The van der Waals surface area contributed by atoms with Crippen molar-refractivity contribution in [2.24, 2.45) is 5.92 Å². The molecule has 0 heterocycles. The molecule has 3 nitrogen and oxygen atoms in total. The van der Waals surface area contributed by atoms with Crippen molar-refractivity contribution in [3.8, 4) is 0 Å². The molecule has 16 heavy (non-hydrogen) atoms. The van der Waals surface area contributed by atoms with E-state index in [-0.39, 0.29) is 6.03 Å². The molecule has 0 bridgehead atoms. The van der Waals surface area contributed by atoms with Gasteiger partial charge in [-0.05, 0) is 38.5 Å². The second-order valence-electron chi connectivity index (χ2n) is 4.70. The van der Waals surface area contributed by atoms with Crippen molar-refractivity contribution >= 4 is 6.03 Å². The van der Waals surface area contributed by atoms with Crippen LogP contribution in [0.1, 0.15) is 39.5 Å². The number of rotatable bonds is 4. The quantitative estimate of drug-likeness (QED) is 0.732. The summed E-state index contributed by atoms with van der Waals surface area (Å²) in [5.74, 6) is 0.624. The third-order valence-electron chi connectivity index (χ3n) is 3.49. The molecular formula is C13H24N2O. The highest BCUT2D eigenvalue weighted by Crippen LogP contribution is 2.16. The Bertz CT molecular complexity index is 250. The summed E-state index contributed by atoms with van der Waals surface area (Å²) in [7, 11) is 1.87. The minimum Gasteiger partial charge on any atom is -0.338 e. The Morgan fingerprint density at radius 1 is 1.56 bits per heavy atom. The van der Waals surface area contributed by atoms with E-state index < -0.39 is 0 Å². The number of hydrogen-bond acceptors (Lipinski definition) is 1. The van der Waals surface area contributed by atoms with E-state index >= 15 is 0 Å². The van der Waals surface area contributed by atoms with Crippen molar-refractivity contribution in [1.82, 2.24) is 10.2 Å². The van der Waals surface area contributed by atoms with E-state index in [0.29, 0.717) is 12.0 Å². The summed E-state index contributed by atoms with van der Waals surface area (Å²) in [6.45, 7) is 4.98. The molecule has 0 aromatic heterocycles. The van der Waals surface area contributed by atoms with E-state index in [4.69, 9.17) is 0 Å². The van der Waals surface area contributed by atoms with Gasteiger partial charge in [0.1, 0.15) is 0 Å². The van der Waals surface area contributed by atoms with Crippen molar-refractivity contribution in [2.45, 2.75) is 45.6 Å². The second kappa shape index (κ2) is 6.56. The molecule has 1 aliphatic carbocycles. The average molecular weight is 224 g/mol. The van der Waals surface area contributed by atoms with Crippen LogP contribution in [0.2, 0.25) is 0 Å². The first-order valence-corrected chi connectivity index (χ1v) is 6.30. The fourth-order valence-electron chi connectivity index (χ4n) is 1.87. The van der Waals surface area contributed by atoms with Crippen LogP contribution in [0.25, 0.3) is 0 Å². The molecule has 0 aliphatic heterocycles.